The quantitative estimate of drug-likeness (QED) is 0.354. The zero-order chi connectivity index (χ0) is 17.8. The summed E-state index contributed by atoms with van der Waals surface area (Å²) in [5, 5.41) is 9.21. The van der Waals surface area contributed by atoms with E-state index in [0.717, 1.165) is 19.6 Å². The van der Waals surface area contributed by atoms with Crippen molar-refractivity contribution >= 4 is 27.6 Å². The number of carbonyl (C=O) groups is 3. The molecule has 23 heavy (non-hydrogen) atoms. The molecule has 0 aromatic heterocycles. The summed E-state index contributed by atoms with van der Waals surface area (Å²) in [5.41, 5.74) is -0.766. The molecule has 8 heteroatoms. The summed E-state index contributed by atoms with van der Waals surface area (Å²) < 4.78 is 29.0. The summed E-state index contributed by atoms with van der Waals surface area (Å²) in [6.45, 7) is 2.73. The zero-order valence-electron chi connectivity index (χ0n) is 12.8. The molecule has 0 amide bonds. The van der Waals surface area contributed by atoms with Crippen molar-refractivity contribution in [2.24, 2.45) is 0 Å². The highest BCUT2D eigenvalue weighted by atomic mass is 32.2. The van der Waals surface area contributed by atoms with E-state index in [1.165, 1.54) is 12.1 Å². The van der Waals surface area contributed by atoms with Crippen LogP contribution in [0.25, 0.3) is 0 Å². The number of esters is 1. The highest BCUT2D eigenvalue weighted by Gasteiger charge is 2.29. The lowest BCUT2D eigenvalue weighted by atomic mass is 10.1. The molecule has 1 rings (SSSR count). The number of sulfone groups is 1. The maximum atomic E-state index is 12.3. The van der Waals surface area contributed by atoms with Crippen molar-refractivity contribution in [3.05, 3.63) is 41.0 Å². The van der Waals surface area contributed by atoms with Gasteiger partial charge in [-0.3, -0.25) is 4.79 Å². The minimum Gasteiger partial charge on any atom is -0.478 e. The van der Waals surface area contributed by atoms with Crippen LogP contribution in [0.2, 0.25) is 0 Å². The summed E-state index contributed by atoms with van der Waals surface area (Å²) in [6.07, 6.45) is 0. The number of hydrogen-bond donors (Lipinski definition) is 1. The fraction of sp³-hybridized carbons (Fsp3) is 0.267. The number of rotatable bonds is 6. The van der Waals surface area contributed by atoms with E-state index in [1.54, 1.807) is 19.1 Å². The molecule has 7 nitrogen and oxygen atoms in total. The normalized spacial score (nSPS) is 12.3. The lowest BCUT2D eigenvalue weighted by molar-refractivity contribution is -0.139. The number of ether oxygens (including phenoxy) is 1. The largest absolute Gasteiger partial charge is 0.478 e. The number of ketones is 1. The topological polar surface area (TPSA) is 115 Å². The van der Waals surface area contributed by atoms with Crippen LogP contribution in [0.4, 0.5) is 0 Å². The van der Waals surface area contributed by atoms with Gasteiger partial charge in [0.15, 0.2) is 15.6 Å². The summed E-state index contributed by atoms with van der Waals surface area (Å²) in [6, 6.07) is 5.78. The first-order valence-electron chi connectivity index (χ1n) is 6.45. The Bertz CT molecular complexity index is 771. The fourth-order valence-electron chi connectivity index (χ4n) is 1.84. The van der Waals surface area contributed by atoms with E-state index in [0.29, 0.717) is 0 Å². The second-order valence-corrected chi connectivity index (χ2v) is 6.77. The fourth-order valence-corrected chi connectivity index (χ4v) is 3.21. The summed E-state index contributed by atoms with van der Waals surface area (Å²) >= 11 is 0. The molecular weight excluding hydrogens is 324 g/mol. The van der Waals surface area contributed by atoms with Crippen LogP contribution in [0.3, 0.4) is 0 Å². The van der Waals surface area contributed by atoms with Gasteiger partial charge >= 0.3 is 11.9 Å². The number of aryl methyl sites for hydroxylation is 1. The van der Waals surface area contributed by atoms with E-state index in [4.69, 9.17) is 0 Å². The lowest BCUT2D eigenvalue weighted by Gasteiger charge is -2.09. The Balaban J connectivity index is 3.43. The third-order valence-corrected chi connectivity index (χ3v) is 4.68. The summed E-state index contributed by atoms with van der Waals surface area (Å²) in [5.74, 6) is -4.73. The molecule has 1 N–H and O–H groups in total. The molecule has 0 aliphatic heterocycles. The van der Waals surface area contributed by atoms with Gasteiger partial charge in [-0.1, -0.05) is 17.7 Å². The number of carboxylic acids is 1. The maximum absolute atomic E-state index is 12.3. The van der Waals surface area contributed by atoms with E-state index in [-0.39, 0.29) is 4.90 Å². The molecular formula is C15H16O7S. The first kappa shape index (κ1) is 18.6. The van der Waals surface area contributed by atoms with Gasteiger partial charge in [-0.2, -0.15) is 0 Å². The molecule has 0 bridgehead atoms. The summed E-state index contributed by atoms with van der Waals surface area (Å²) in [4.78, 5) is 34.4. The minimum absolute atomic E-state index is 0.102. The van der Waals surface area contributed by atoms with Crippen LogP contribution in [-0.2, 0) is 29.0 Å². The van der Waals surface area contributed by atoms with E-state index < -0.39 is 44.5 Å². The minimum atomic E-state index is -4.04. The second-order valence-electron chi connectivity index (χ2n) is 4.78. The van der Waals surface area contributed by atoms with Crippen LogP contribution in [0, 0.1) is 6.92 Å². The Morgan fingerprint density at radius 3 is 2.04 bits per heavy atom. The van der Waals surface area contributed by atoms with Gasteiger partial charge in [0.1, 0.15) is 5.57 Å². The van der Waals surface area contributed by atoms with Crippen LogP contribution in [0.15, 0.2) is 40.3 Å². The zero-order valence-corrected chi connectivity index (χ0v) is 13.6. The lowest BCUT2D eigenvalue weighted by Crippen LogP contribution is -2.23. The first-order valence-corrected chi connectivity index (χ1v) is 8.10. The van der Waals surface area contributed by atoms with Crippen molar-refractivity contribution in [2.45, 2.75) is 18.7 Å². The Labute approximate surface area is 133 Å². The van der Waals surface area contributed by atoms with Crippen LogP contribution in [0.5, 0.6) is 0 Å². The van der Waals surface area contributed by atoms with Crippen molar-refractivity contribution in [1.29, 1.82) is 0 Å². The Hall–Kier alpha value is -2.48. The van der Waals surface area contributed by atoms with Gasteiger partial charge in [0.05, 0.1) is 23.3 Å². The van der Waals surface area contributed by atoms with Crippen molar-refractivity contribution in [3.63, 3.8) is 0 Å². The molecule has 0 aliphatic rings. The van der Waals surface area contributed by atoms with Crippen molar-refractivity contribution in [2.75, 3.05) is 12.9 Å². The molecule has 1 aromatic rings. The smallest absolute Gasteiger partial charge is 0.342 e. The summed E-state index contributed by atoms with van der Waals surface area (Å²) in [7, 11) is -3.07. The number of carbonyl (C=O) groups excluding carboxylic acids is 2. The Morgan fingerprint density at radius 2 is 1.65 bits per heavy atom. The van der Waals surface area contributed by atoms with Crippen LogP contribution in [0.1, 0.15) is 12.5 Å². The maximum Gasteiger partial charge on any atom is 0.342 e. The number of hydrogen-bond acceptors (Lipinski definition) is 6. The second kappa shape index (κ2) is 7.19. The molecule has 0 spiro atoms. The molecule has 1 aromatic carbocycles. The van der Waals surface area contributed by atoms with Gasteiger partial charge in [0.25, 0.3) is 0 Å². The van der Waals surface area contributed by atoms with Crippen molar-refractivity contribution in [3.8, 4) is 0 Å². The molecule has 0 fully saturated rings. The Morgan fingerprint density at radius 1 is 1.13 bits per heavy atom. The van der Waals surface area contributed by atoms with Crippen molar-refractivity contribution < 1.29 is 32.6 Å². The molecule has 0 saturated heterocycles. The third kappa shape index (κ3) is 4.49. The van der Waals surface area contributed by atoms with Crippen LogP contribution < -0.4 is 0 Å². The third-order valence-electron chi connectivity index (χ3n) is 3.02. The molecule has 0 radical (unpaired) electrons. The molecule has 0 aliphatic carbocycles. The van der Waals surface area contributed by atoms with E-state index in [1.807, 2.05) is 0 Å². The average molecular weight is 340 g/mol. The SMILES string of the molecule is COC(=O)/C(C(C)=O)=C(/CS(=O)(=O)c1ccc(C)cc1)C(=O)O. The average Bonchev–Trinajstić information content (AvgIpc) is 2.46. The number of carboxylic acid groups (broad SMARTS) is 1. The standard InChI is InChI=1S/C15H16O7S/c1-9-4-6-11(7-5-9)23(20,21)8-12(14(17)18)13(10(2)16)15(19)22-3/h4-7H,8H2,1-3H3,(H,17,18)/b13-12-. The molecule has 124 valence electrons. The van der Waals surface area contributed by atoms with Gasteiger partial charge in [-0.15, -0.1) is 0 Å². The molecule has 0 atom stereocenters. The molecule has 0 heterocycles. The predicted molar refractivity (Wildman–Crippen MR) is 80.6 cm³/mol. The van der Waals surface area contributed by atoms with E-state index >= 15 is 0 Å². The predicted octanol–water partition coefficient (Wildman–Crippen LogP) is 0.912. The van der Waals surface area contributed by atoms with Gasteiger partial charge < -0.3 is 9.84 Å². The van der Waals surface area contributed by atoms with E-state index in [2.05, 4.69) is 4.74 Å². The molecule has 0 unspecified atom stereocenters. The van der Waals surface area contributed by atoms with Gasteiger partial charge in [-0.25, -0.2) is 18.0 Å². The number of Topliss-reactive ketones (excluding diaryl/α,β-unsaturated/α-hetero) is 1. The number of aliphatic carboxylic acids is 1. The monoisotopic (exact) mass is 340 g/mol. The number of methoxy groups -OCH3 is 1. The highest BCUT2D eigenvalue weighted by Crippen LogP contribution is 2.18. The first-order chi connectivity index (χ1) is 10.6. The number of benzene rings is 1. The molecule has 0 saturated carbocycles. The highest BCUT2D eigenvalue weighted by molar-refractivity contribution is 7.91. The van der Waals surface area contributed by atoms with Crippen molar-refractivity contribution in [1.82, 2.24) is 0 Å². The van der Waals surface area contributed by atoms with Gasteiger partial charge in [0, 0.05) is 0 Å². The van der Waals surface area contributed by atoms with Crippen LogP contribution in [-0.4, -0.2) is 44.1 Å². The van der Waals surface area contributed by atoms with Crippen LogP contribution >= 0.6 is 0 Å². The van der Waals surface area contributed by atoms with Gasteiger partial charge in [0.2, 0.25) is 0 Å². The Kier molecular flexibility index (Phi) is 5.80. The van der Waals surface area contributed by atoms with E-state index in [9.17, 15) is 27.9 Å². The van der Waals surface area contributed by atoms with Gasteiger partial charge in [-0.05, 0) is 26.0 Å².